The second kappa shape index (κ2) is 5.97. The largest absolute Gasteiger partial charge is 0.508 e. The molecular weight excluding hydrogens is 301 g/mol. The lowest BCUT2D eigenvalue weighted by Gasteiger charge is -2.12. The summed E-state index contributed by atoms with van der Waals surface area (Å²) < 4.78 is 43.4. The highest BCUT2D eigenvalue weighted by molar-refractivity contribution is 5.89. The molecule has 0 bridgehead atoms. The Bertz CT molecular complexity index is 695. The molecule has 0 fully saturated rings. The fraction of sp³-hybridized carbons (Fsp3) is 0.133. The van der Waals surface area contributed by atoms with Gasteiger partial charge in [0.15, 0.2) is 0 Å². The molecule has 2 aromatic carbocycles. The minimum Gasteiger partial charge on any atom is -0.508 e. The summed E-state index contributed by atoms with van der Waals surface area (Å²) in [7, 11) is 0. The molecule has 0 saturated heterocycles. The molecule has 22 heavy (non-hydrogen) atoms. The zero-order chi connectivity index (χ0) is 16.3. The molecule has 0 radical (unpaired) electrons. The van der Waals surface area contributed by atoms with Gasteiger partial charge in [0.1, 0.15) is 18.1 Å². The van der Waals surface area contributed by atoms with E-state index in [1.807, 2.05) is 0 Å². The maximum atomic E-state index is 12.7. The molecule has 0 aliphatic rings. The summed E-state index contributed by atoms with van der Waals surface area (Å²) in [4.78, 5) is 11.0. The van der Waals surface area contributed by atoms with Gasteiger partial charge in [0.25, 0.3) is 0 Å². The smallest absolute Gasteiger partial charge is 0.417 e. The van der Waals surface area contributed by atoms with Gasteiger partial charge in [-0.05, 0) is 29.8 Å². The summed E-state index contributed by atoms with van der Waals surface area (Å²) in [5.74, 6) is -1.36. The van der Waals surface area contributed by atoms with E-state index in [9.17, 15) is 23.1 Å². The number of benzene rings is 2. The van der Waals surface area contributed by atoms with Crippen LogP contribution < -0.4 is 4.74 Å². The molecule has 0 atom stereocenters. The Kier molecular flexibility index (Phi) is 4.25. The van der Waals surface area contributed by atoms with Crippen LogP contribution in [0.3, 0.4) is 0 Å². The molecule has 0 aliphatic carbocycles. The lowest BCUT2D eigenvalue weighted by Crippen LogP contribution is -2.13. The maximum absolute atomic E-state index is 12.7. The molecule has 0 amide bonds. The number of hydrogen-bond acceptors (Lipinski definition) is 3. The predicted molar refractivity (Wildman–Crippen MR) is 70.8 cm³/mol. The maximum Gasteiger partial charge on any atom is 0.417 e. The Balaban J connectivity index is 2.22. The van der Waals surface area contributed by atoms with Gasteiger partial charge in [-0.3, -0.25) is 0 Å². The summed E-state index contributed by atoms with van der Waals surface area (Å²) in [6.45, 7) is -0.123. The third-order valence-electron chi connectivity index (χ3n) is 2.84. The number of halogens is 3. The number of phenolic OH excluding ortho intramolecular Hbond substituents is 1. The van der Waals surface area contributed by atoms with Gasteiger partial charge in [-0.2, -0.15) is 13.2 Å². The SMILES string of the molecule is O=C(O)c1cc(COc2cccc(O)c2)ccc1C(F)(F)F. The summed E-state index contributed by atoms with van der Waals surface area (Å²) >= 11 is 0. The van der Waals surface area contributed by atoms with Crippen LogP contribution in [0.25, 0.3) is 0 Å². The third kappa shape index (κ3) is 3.69. The summed E-state index contributed by atoms with van der Waals surface area (Å²) in [5, 5.41) is 18.2. The summed E-state index contributed by atoms with van der Waals surface area (Å²) in [5.41, 5.74) is -1.76. The van der Waals surface area contributed by atoms with Crippen molar-refractivity contribution in [2.45, 2.75) is 12.8 Å². The van der Waals surface area contributed by atoms with Crippen LogP contribution in [-0.4, -0.2) is 16.2 Å². The standard InChI is InChI=1S/C15H11F3O4/c16-15(17,18)13-5-4-9(6-12(13)14(20)21)8-22-11-3-1-2-10(19)7-11/h1-7,19H,8H2,(H,20,21). The van der Waals surface area contributed by atoms with Crippen molar-refractivity contribution in [3.05, 3.63) is 59.2 Å². The highest BCUT2D eigenvalue weighted by Gasteiger charge is 2.35. The van der Waals surface area contributed by atoms with Crippen molar-refractivity contribution in [2.24, 2.45) is 0 Å². The number of carboxylic acids is 1. The molecule has 0 saturated carbocycles. The molecule has 0 aliphatic heterocycles. The van der Waals surface area contributed by atoms with E-state index >= 15 is 0 Å². The van der Waals surface area contributed by atoms with E-state index in [1.165, 1.54) is 12.1 Å². The van der Waals surface area contributed by atoms with Crippen molar-refractivity contribution < 1.29 is 32.9 Å². The summed E-state index contributed by atoms with van der Waals surface area (Å²) in [6.07, 6.45) is -4.74. The van der Waals surface area contributed by atoms with Crippen molar-refractivity contribution >= 4 is 5.97 Å². The molecule has 7 heteroatoms. The molecule has 2 aromatic rings. The van der Waals surface area contributed by atoms with Crippen LogP contribution in [0.1, 0.15) is 21.5 Å². The molecule has 0 unspecified atom stereocenters. The Morgan fingerprint density at radius 1 is 1.14 bits per heavy atom. The molecule has 4 nitrogen and oxygen atoms in total. The van der Waals surface area contributed by atoms with Crippen LogP contribution in [0.2, 0.25) is 0 Å². The highest BCUT2D eigenvalue weighted by atomic mass is 19.4. The van der Waals surface area contributed by atoms with Crippen LogP contribution in [0.4, 0.5) is 13.2 Å². The fourth-order valence-corrected chi connectivity index (χ4v) is 1.85. The number of rotatable bonds is 4. The van der Waals surface area contributed by atoms with Crippen molar-refractivity contribution in [3.8, 4) is 11.5 Å². The van der Waals surface area contributed by atoms with Gasteiger partial charge in [0.2, 0.25) is 0 Å². The molecule has 2 N–H and O–H groups in total. The topological polar surface area (TPSA) is 66.8 Å². The van der Waals surface area contributed by atoms with Crippen molar-refractivity contribution in [2.75, 3.05) is 0 Å². The Labute approximate surface area is 123 Å². The minimum absolute atomic E-state index is 0.0175. The molecular formula is C15H11F3O4. The first-order valence-electron chi connectivity index (χ1n) is 6.12. The number of aromatic hydroxyl groups is 1. The second-order valence-corrected chi connectivity index (χ2v) is 4.47. The van der Waals surface area contributed by atoms with Crippen LogP contribution >= 0.6 is 0 Å². The van der Waals surface area contributed by atoms with E-state index in [1.54, 1.807) is 12.1 Å². The van der Waals surface area contributed by atoms with Gasteiger partial charge >= 0.3 is 12.1 Å². The van der Waals surface area contributed by atoms with E-state index in [0.717, 1.165) is 12.1 Å². The molecule has 0 aromatic heterocycles. The van der Waals surface area contributed by atoms with Crippen LogP contribution in [0.5, 0.6) is 11.5 Å². The average Bonchev–Trinajstić information content (AvgIpc) is 2.44. The Morgan fingerprint density at radius 2 is 1.86 bits per heavy atom. The highest BCUT2D eigenvalue weighted by Crippen LogP contribution is 2.32. The van der Waals surface area contributed by atoms with E-state index in [4.69, 9.17) is 9.84 Å². The van der Waals surface area contributed by atoms with Gasteiger partial charge < -0.3 is 14.9 Å². The Hall–Kier alpha value is -2.70. The van der Waals surface area contributed by atoms with E-state index in [0.29, 0.717) is 11.8 Å². The van der Waals surface area contributed by atoms with Gasteiger partial charge in [-0.15, -0.1) is 0 Å². The zero-order valence-electron chi connectivity index (χ0n) is 11.1. The lowest BCUT2D eigenvalue weighted by atomic mass is 10.0. The summed E-state index contributed by atoms with van der Waals surface area (Å²) in [6, 6.07) is 8.66. The normalized spacial score (nSPS) is 11.2. The van der Waals surface area contributed by atoms with Gasteiger partial charge in [0, 0.05) is 6.07 Å². The Morgan fingerprint density at radius 3 is 2.45 bits per heavy atom. The zero-order valence-corrected chi connectivity index (χ0v) is 11.1. The average molecular weight is 312 g/mol. The van der Waals surface area contributed by atoms with E-state index in [2.05, 4.69) is 0 Å². The predicted octanol–water partition coefficient (Wildman–Crippen LogP) is 3.69. The number of phenols is 1. The number of ether oxygens (including phenoxy) is 1. The molecule has 116 valence electrons. The number of hydrogen-bond donors (Lipinski definition) is 2. The fourth-order valence-electron chi connectivity index (χ4n) is 1.85. The molecule has 0 heterocycles. The van der Waals surface area contributed by atoms with Crippen LogP contribution in [-0.2, 0) is 12.8 Å². The third-order valence-corrected chi connectivity index (χ3v) is 2.84. The first kappa shape index (κ1) is 15.7. The number of alkyl halides is 3. The van der Waals surface area contributed by atoms with Crippen LogP contribution in [0.15, 0.2) is 42.5 Å². The number of aromatic carboxylic acids is 1. The van der Waals surface area contributed by atoms with Crippen molar-refractivity contribution in [1.29, 1.82) is 0 Å². The van der Waals surface area contributed by atoms with Gasteiger partial charge in [-0.25, -0.2) is 4.79 Å². The van der Waals surface area contributed by atoms with Gasteiger partial charge in [0.05, 0.1) is 11.1 Å². The molecule has 0 spiro atoms. The van der Waals surface area contributed by atoms with E-state index < -0.39 is 23.3 Å². The van der Waals surface area contributed by atoms with Crippen molar-refractivity contribution in [3.63, 3.8) is 0 Å². The number of carbonyl (C=O) groups is 1. The quantitative estimate of drug-likeness (QED) is 0.903. The number of carboxylic acid groups (broad SMARTS) is 1. The van der Waals surface area contributed by atoms with Gasteiger partial charge in [-0.1, -0.05) is 12.1 Å². The molecule has 2 rings (SSSR count). The minimum atomic E-state index is -4.74. The first-order valence-corrected chi connectivity index (χ1v) is 6.12. The second-order valence-electron chi connectivity index (χ2n) is 4.47. The monoisotopic (exact) mass is 312 g/mol. The van der Waals surface area contributed by atoms with E-state index in [-0.39, 0.29) is 17.9 Å². The first-order chi connectivity index (χ1) is 10.3. The van der Waals surface area contributed by atoms with Crippen LogP contribution in [0, 0.1) is 0 Å². The van der Waals surface area contributed by atoms with Crippen molar-refractivity contribution in [1.82, 2.24) is 0 Å². The lowest BCUT2D eigenvalue weighted by molar-refractivity contribution is -0.138.